The van der Waals surface area contributed by atoms with Gasteiger partial charge in [-0.05, 0) is 50.2 Å². The van der Waals surface area contributed by atoms with E-state index < -0.39 is 35.3 Å². The summed E-state index contributed by atoms with van der Waals surface area (Å²) in [5.41, 5.74) is -3.30. The smallest absolute Gasteiger partial charge is 0.375 e. The Morgan fingerprint density at radius 2 is 1.81 bits per heavy atom. The van der Waals surface area contributed by atoms with Crippen molar-refractivity contribution < 1.29 is 31.4 Å². The fraction of sp³-hybridized carbons (Fsp3) is 0.474. The molecule has 0 spiro atoms. The van der Waals surface area contributed by atoms with E-state index >= 15 is 0 Å². The van der Waals surface area contributed by atoms with Crippen LogP contribution in [0.1, 0.15) is 17.5 Å². The van der Waals surface area contributed by atoms with E-state index in [1.165, 1.54) is 12.3 Å². The summed E-state index contributed by atoms with van der Waals surface area (Å²) in [6.45, 7) is 2.52. The van der Waals surface area contributed by atoms with Crippen LogP contribution in [0.25, 0.3) is 17.6 Å². The second kappa shape index (κ2) is 8.97. The zero-order valence-electron chi connectivity index (χ0n) is 16.5. The molecule has 1 aromatic heterocycles. The molecule has 2 heterocycles. The van der Waals surface area contributed by atoms with Crippen molar-refractivity contribution in [1.82, 2.24) is 25.0 Å². The highest BCUT2D eigenvalue weighted by Gasteiger charge is 2.37. The minimum absolute atomic E-state index is 0.0462. The third-order valence-electron chi connectivity index (χ3n) is 4.88. The van der Waals surface area contributed by atoms with Gasteiger partial charge >= 0.3 is 12.4 Å². The maximum absolute atomic E-state index is 13.0. The van der Waals surface area contributed by atoms with Gasteiger partial charge in [-0.25, -0.2) is 9.67 Å². The number of hydrogen-bond acceptors (Lipinski definition) is 5. The van der Waals surface area contributed by atoms with Gasteiger partial charge in [-0.1, -0.05) is 0 Å². The highest BCUT2D eigenvalue weighted by Crippen LogP contribution is 2.38. The maximum Gasteiger partial charge on any atom is 0.416 e. The van der Waals surface area contributed by atoms with Crippen molar-refractivity contribution in [2.75, 3.05) is 26.7 Å². The summed E-state index contributed by atoms with van der Waals surface area (Å²) < 4.78 is 79.2. The molecule has 2 unspecified atom stereocenters. The molecule has 0 bridgehead atoms. The zero-order chi connectivity index (χ0) is 22.8. The average Bonchev–Trinajstić information content (AvgIpc) is 3.32. The van der Waals surface area contributed by atoms with Crippen molar-refractivity contribution in [3.05, 3.63) is 41.7 Å². The van der Waals surface area contributed by atoms with Crippen LogP contribution >= 0.6 is 0 Å². The Balaban J connectivity index is 1.71. The van der Waals surface area contributed by atoms with Gasteiger partial charge < -0.3 is 10.0 Å². The summed E-state index contributed by atoms with van der Waals surface area (Å²) in [5.74, 6) is 0.104. The van der Waals surface area contributed by atoms with Gasteiger partial charge in [0.05, 0.1) is 11.1 Å². The highest BCUT2D eigenvalue weighted by molar-refractivity contribution is 5.58. The van der Waals surface area contributed by atoms with Crippen LogP contribution in [0.2, 0.25) is 0 Å². The summed E-state index contributed by atoms with van der Waals surface area (Å²) >= 11 is 0. The van der Waals surface area contributed by atoms with Gasteiger partial charge in [0.1, 0.15) is 12.6 Å². The number of nitrogens with one attached hydrogen (secondary N) is 1. The Kier molecular flexibility index (Phi) is 6.72. The molecule has 1 aromatic carbocycles. The van der Waals surface area contributed by atoms with E-state index in [1.807, 2.05) is 7.05 Å². The van der Waals surface area contributed by atoms with Crippen molar-refractivity contribution in [2.24, 2.45) is 5.92 Å². The van der Waals surface area contributed by atoms with Crippen LogP contribution in [-0.4, -0.2) is 57.7 Å². The monoisotopic (exact) mass is 449 g/mol. The zero-order valence-corrected chi connectivity index (χ0v) is 16.5. The first-order valence-electron chi connectivity index (χ1n) is 9.41. The summed E-state index contributed by atoms with van der Waals surface area (Å²) in [6.07, 6.45) is -6.10. The molecule has 0 aliphatic carbocycles. The fourth-order valence-electron chi connectivity index (χ4n) is 3.28. The van der Waals surface area contributed by atoms with Gasteiger partial charge in [-0.15, -0.1) is 5.10 Å². The maximum atomic E-state index is 13.0. The predicted octanol–water partition coefficient (Wildman–Crippen LogP) is 3.31. The standard InChI is InChI=1S/C19H21F6N5O/c1-29-4-2-12(10-29)9-26-16(31)3-5-30-11-27-17(28-30)13-6-14(18(20,21)22)8-15(7-13)19(23,24)25/h3,5-8,11-12,16,26,31H,2,4,9-10H2,1H3/b5-3-. The van der Waals surface area contributed by atoms with Gasteiger partial charge in [0.15, 0.2) is 5.82 Å². The quantitative estimate of drug-likeness (QED) is 0.523. The molecule has 3 rings (SSSR count). The molecule has 6 nitrogen and oxygen atoms in total. The van der Waals surface area contributed by atoms with Crippen LogP contribution in [0.5, 0.6) is 0 Å². The molecule has 0 saturated carbocycles. The number of likely N-dealkylation sites (tertiary alicyclic amines) is 1. The number of benzene rings is 1. The molecule has 170 valence electrons. The molecule has 1 fully saturated rings. The number of aromatic nitrogens is 3. The van der Waals surface area contributed by atoms with E-state index in [9.17, 15) is 31.4 Å². The second-order valence-corrected chi connectivity index (χ2v) is 7.45. The lowest BCUT2D eigenvalue weighted by Gasteiger charge is -2.13. The summed E-state index contributed by atoms with van der Waals surface area (Å²) in [4.78, 5) is 5.97. The van der Waals surface area contributed by atoms with Crippen LogP contribution in [-0.2, 0) is 12.4 Å². The van der Waals surface area contributed by atoms with E-state index in [-0.39, 0.29) is 11.9 Å². The second-order valence-electron chi connectivity index (χ2n) is 7.45. The molecule has 1 saturated heterocycles. The van der Waals surface area contributed by atoms with E-state index in [0.29, 0.717) is 24.6 Å². The molecule has 12 heteroatoms. The minimum atomic E-state index is -4.96. The van der Waals surface area contributed by atoms with Crippen LogP contribution in [0.4, 0.5) is 26.3 Å². The van der Waals surface area contributed by atoms with Gasteiger partial charge in [-0.3, -0.25) is 5.32 Å². The first-order valence-corrected chi connectivity index (χ1v) is 9.41. The topological polar surface area (TPSA) is 66.2 Å². The predicted molar refractivity (Wildman–Crippen MR) is 100 cm³/mol. The van der Waals surface area contributed by atoms with Crippen LogP contribution in [0.15, 0.2) is 30.6 Å². The number of aliphatic hydroxyl groups is 1. The van der Waals surface area contributed by atoms with E-state index in [1.54, 1.807) is 0 Å². The lowest BCUT2D eigenvalue weighted by molar-refractivity contribution is -0.143. The number of hydrogen-bond donors (Lipinski definition) is 2. The molecule has 31 heavy (non-hydrogen) atoms. The van der Waals surface area contributed by atoms with Gasteiger partial charge in [-0.2, -0.15) is 26.3 Å². The molecular formula is C19H21F6N5O. The minimum Gasteiger partial charge on any atom is -0.375 e. The normalized spacial score (nSPS) is 19.4. The van der Waals surface area contributed by atoms with E-state index in [4.69, 9.17) is 0 Å². The highest BCUT2D eigenvalue weighted by atomic mass is 19.4. The van der Waals surface area contributed by atoms with Crippen molar-refractivity contribution in [3.8, 4) is 11.4 Å². The first-order chi connectivity index (χ1) is 14.4. The van der Waals surface area contributed by atoms with Crippen molar-refractivity contribution in [3.63, 3.8) is 0 Å². The van der Waals surface area contributed by atoms with Gasteiger partial charge in [0.25, 0.3) is 0 Å². The Bertz CT molecular complexity index is 891. The number of aliphatic hydroxyl groups excluding tert-OH is 1. The van der Waals surface area contributed by atoms with Crippen LogP contribution < -0.4 is 5.32 Å². The van der Waals surface area contributed by atoms with Crippen molar-refractivity contribution >= 4 is 6.20 Å². The number of halogens is 6. The van der Waals surface area contributed by atoms with Crippen molar-refractivity contribution in [1.29, 1.82) is 0 Å². The largest absolute Gasteiger partial charge is 0.416 e. The van der Waals surface area contributed by atoms with Gasteiger partial charge in [0, 0.05) is 24.9 Å². The Labute approximate surface area is 174 Å². The molecule has 2 aromatic rings. The SMILES string of the molecule is CN1CCC(CNC(O)/C=C\n2cnc(-c3cc(C(F)(F)F)cc(C(F)(F)F)c3)n2)C1. The number of alkyl halides is 6. The molecule has 2 N–H and O–H groups in total. The fourth-order valence-corrected chi connectivity index (χ4v) is 3.28. The molecular weight excluding hydrogens is 428 g/mol. The third kappa shape index (κ3) is 6.28. The molecule has 0 amide bonds. The van der Waals surface area contributed by atoms with E-state index in [0.717, 1.165) is 30.5 Å². The lowest BCUT2D eigenvalue weighted by atomic mass is 10.0. The summed E-state index contributed by atoms with van der Waals surface area (Å²) in [5, 5.41) is 16.8. The Morgan fingerprint density at radius 1 is 1.16 bits per heavy atom. The van der Waals surface area contributed by atoms with Crippen LogP contribution in [0, 0.1) is 5.92 Å². The Morgan fingerprint density at radius 3 is 2.35 bits per heavy atom. The third-order valence-corrected chi connectivity index (χ3v) is 4.88. The first kappa shape index (κ1) is 23.2. The molecule has 1 aliphatic heterocycles. The Hall–Kier alpha value is -2.44. The average molecular weight is 449 g/mol. The summed E-state index contributed by atoms with van der Waals surface area (Å²) in [7, 11) is 2.01. The molecule has 1 aliphatic rings. The summed E-state index contributed by atoms with van der Waals surface area (Å²) in [6, 6.07) is 1.17. The van der Waals surface area contributed by atoms with Crippen molar-refractivity contribution in [2.45, 2.75) is 25.0 Å². The number of nitrogens with zero attached hydrogens (tertiary/aromatic N) is 4. The number of rotatable bonds is 6. The van der Waals surface area contributed by atoms with E-state index in [2.05, 4.69) is 20.3 Å². The van der Waals surface area contributed by atoms with Gasteiger partial charge in [0.2, 0.25) is 0 Å². The van der Waals surface area contributed by atoms with Crippen LogP contribution in [0.3, 0.4) is 0 Å². The molecule has 0 radical (unpaired) electrons. The lowest BCUT2D eigenvalue weighted by Crippen LogP contribution is -2.32. The molecule has 2 atom stereocenters.